The summed E-state index contributed by atoms with van der Waals surface area (Å²) in [6.07, 6.45) is 0. The Balaban J connectivity index is 2.02. The molecule has 1 atom stereocenters. The molecule has 2 amide bonds. The SMILES string of the molecule is COc1ccc(CN(C(=O)CN(c2ccc(C)c(Cl)c2)S(=O)(=O)c2ccccc2)C(C)C(=O)NCC(C)C)cc1. The Labute approximate surface area is 241 Å². The first-order chi connectivity index (χ1) is 18.9. The number of hydrogen-bond acceptors (Lipinski definition) is 5. The Kier molecular flexibility index (Phi) is 10.6. The second kappa shape index (κ2) is 13.7. The van der Waals surface area contributed by atoms with E-state index < -0.39 is 28.5 Å². The standard InChI is InChI=1S/C30H36ClN3O5S/c1-21(2)18-32-30(36)23(4)33(19-24-12-15-26(39-5)16-13-24)29(35)20-34(25-14-11-22(3)28(31)17-25)40(37,38)27-9-7-6-8-10-27/h6-17,21,23H,18-20H2,1-5H3,(H,32,36). The highest BCUT2D eigenvalue weighted by Crippen LogP contribution is 2.28. The maximum atomic E-state index is 14.0. The summed E-state index contributed by atoms with van der Waals surface area (Å²) in [5, 5.41) is 3.24. The molecule has 0 aliphatic carbocycles. The van der Waals surface area contributed by atoms with Gasteiger partial charge in [-0.25, -0.2) is 8.42 Å². The van der Waals surface area contributed by atoms with E-state index in [1.165, 1.54) is 23.1 Å². The summed E-state index contributed by atoms with van der Waals surface area (Å²) >= 11 is 6.36. The average molecular weight is 586 g/mol. The van der Waals surface area contributed by atoms with Crippen LogP contribution in [0.2, 0.25) is 5.02 Å². The molecule has 40 heavy (non-hydrogen) atoms. The summed E-state index contributed by atoms with van der Waals surface area (Å²) in [6.45, 7) is 7.40. The lowest BCUT2D eigenvalue weighted by Gasteiger charge is -2.32. The molecule has 10 heteroatoms. The third kappa shape index (κ3) is 7.76. The van der Waals surface area contributed by atoms with Gasteiger partial charge in [0.05, 0.1) is 17.7 Å². The Morgan fingerprint density at radius 3 is 2.20 bits per heavy atom. The Bertz CT molecular complexity index is 1410. The summed E-state index contributed by atoms with van der Waals surface area (Å²) in [5.74, 6) is 0.00559. The van der Waals surface area contributed by atoms with Crippen LogP contribution in [-0.4, -0.2) is 51.4 Å². The monoisotopic (exact) mass is 585 g/mol. The molecule has 0 aromatic heterocycles. The number of nitrogens with one attached hydrogen (secondary N) is 1. The number of hydrogen-bond donors (Lipinski definition) is 1. The summed E-state index contributed by atoms with van der Waals surface area (Å²) in [6, 6.07) is 19.0. The number of anilines is 1. The van der Waals surface area contributed by atoms with Crippen LogP contribution < -0.4 is 14.4 Å². The van der Waals surface area contributed by atoms with E-state index in [9.17, 15) is 18.0 Å². The Morgan fingerprint density at radius 1 is 0.975 bits per heavy atom. The van der Waals surface area contributed by atoms with Crippen LogP contribution in [0.1, 0.15) is 31.9 Å². The fourth-order valence-electron chi connectivity index (χ4n) is 3.95. The molecule has 8 nitrogen and oxygen atoms in total. The highest BCUT2D eigenvalue weighted by Gasteiger charge is 2.32. The molecule has 0 radical (unpaired) electrons. The molecule has 0 aliphatic rings. The number of carbonyl (C=O) groups excluding carboxylic acids is 2. The molecule has 3 aromatic rings. The summed E-state index contributed by atoms with van der Waals surface area (Å²) in [7, 11) is -2.59. The molecule has 3 rings (SSSR count). The van der Waals surface area contributed by atoms with Gasteiger partial charge in [0.25, 0.3) is 10.0 Å². The van der Waals surface area contributed by atoms with E-state index in [1.54, 1.807) is 75.6 Å². The predicted molar refractivity (Wildman–Crippen MR) is 158 cm³/mol. The number of aryl methyl sites for hydroxylation is 1. The highest BCUT2D eigenvalue weighted by molar-refractivity contribution is 7.92. The van der Waals surface area contributed by atoms with Gasteiger partial charge in [0, 0.05) is 18.1 Å². The summed E-state index contributed by atoms with van der Waals surface area (Å²) < 4.78 is 33.9. The first-order valence-corrected chi connectivity index (χ1v) is 14.8. The van der Waals surface area contributed by atoms with Gasteiger partial charge in [0.1, 0.15) is 18.3 Å². The zero-order valence-corrected chi connectivity index (χ0v) is 25.0. The minimum atomic E-state index is -4.15. The van der Waals surface area contributed by atoms with Gasteiger partial charge in [0.15, 0.2) is 0 Å². The van der Waals surface area contributed by atoms with Crippen LogP contribution in [0.3, 0.4) is 0 Å². The van der Waals surface area contributed by atoms with Crippen LogP contribution in [0.15, 0.2) is 77.7 Å². The number of carbonyl (C=O) groups is 2. The fourth-order valence-corrected chi connectivity index (χ4v) is 5.55. The molecule has 0 saturated carbocycles. The smallest absolute Gasteiger partial charge is 0.264 e. The third-order valence-electron chi connectivity index (χ3n) is 6.42. The zero-order valence-electron chi connectivity index (χ0n) is 23.4. The van der Waals surface area contributed by atoms with Gasteiger partial charge in [-0.1, -0.05) is 61.8 Å². The molecule has 0 bridgehead atoms. The van der Waals surface area contributed by atoms with Gasteiger partial charge in [-0.2, -0.15) is 0 Å². The van der Waals surface area contributed by atoms with Gasteiger partial charge in [-0.3, -0.25) is 13.9 Å². The molecular formula is C30H36ClN3O5S. The number of halogens is 1. The number of ether oxygens (including phenoxy) is 1. The lowest BCUT2D eigenvalue weighted by Crippen LogP contribution is -2.51. The molecule has 0 fully saturated rings. The summed E-state index contributed by atoms with van der Waals surface area (Å²) in [5.41, 5.74) is 1.77. The Hall–Kier alpha value is -3.56. The maximum absolute atomic E-state index is 14.0. The van der Waals surface area contributed by atoms with E-state index in [0.29, 0.717) is 17.3 Å². The minimum absolute atomic E-state index is 0.0314. The highest BCUT2D eigenvalue weighted by atomic mass is 35.5. The van der Waals surface area contributed by atoms with Gasteiger partial charge < -0.3 is 15.0 Å². The van der Waals surface area contributed by atoms with Crippen molar-refractivity contribution in [3.8, 4) is 5.75 Å². The molecule has 1 N–H and O–H groups in total. The van der Waals surface area contributed by atoms with Crippen LogP contribution in [0.4, 0.5) is 5.69 Å². The molecular weight excluding hydrogens is 550 g/mol. The number of benzene rings is 3. The molecule has 3 aromatic carbocycles. The maximum Gasteiger partial charge on any atom is 0.264 e. The van der Waals surface area contributed by atoms with Crippen LogP contribution >= 0.6 is 11.6 Å². The predicted octanol–water partition coefficient (Wildman–Crippen LogP) is 5.04. The topological polar surface area (TPSA) is 96.0 Å². The van der Waals surface area contributed by atoms with Gasteiger partial charge in [-0.15, -0.1) is 0 Å². The van der Waals surface area contributed by atoms with E-state index in [-0.39, 0.29) is 29.0 Å². The number of nitrogens with zero attached hydrogens (tertiary/aromatic N) is 2. The average Bonchev–Trinajstić information content (AvgIpc) is 2.95. The van der Waals surface area contributed by atoms with Crippen molar-refractivity contribution in [3.63, 3.8) is 0 Å². The van der Waals surface area contributed by atoms with Crippen molar-refractivity contribution in [3.05, 3.63) is 88.9 Å². The first kappa shape index (κ1) is 31.0. The number of methoxy groups -OCH3 is 1. The molecule has 0 saturated heterocycles. The second-order valence-electron chi connectivity index (χ2n) is 9.94. The molecule has 214 valence electrons. The van der Waals surface area contributed by atoms with E-state index in [2.05, 4.69) is 5.32 Å². The van der Waals surface area contributed by atoms with Crippen molar-refractivity contribution < 1.29 is 22.7 Å². The molecule has 0 heterocycles. The quantitative estimate of drug-likeness (QED) is 0.321. The molecule has 0 spiro atoms. The van der Waals surface area contributed by atoms with E-state index >= 15 is 0 Å². The van der Waals surface area contributed by atoms with Crippen molar-refractivity contribution in [2.45, 2.75) is 45.2 Å². The van der Waals surface area contributed by atoms with Gasteiger partial charge in [-0.05, 0) is 67.3 Å². The van der Waals surface area contributed by atoms with Crippen LogP contribution in [0.25, 0.3) is 0 Å². The van der Waals surface area contributed by atoms with Crippen molar-refractivity contribution in [2.75, 3.05) is 24.5 Å². The van der Waals surface area contributed by atoms with E-state index in [0.717, 1.165) is 15.4 Å². The first-order valence-electron chi connectivity index (χ1n) is 13.0. The largest absolute Gasteiger partial charge is 0.497 e. The van der Waals surface area contributed by atoms with Crippen molar-refractivity contribution in [1.82, 2.24) is 10.2 Å². The Morgan fingerprint density at radius 2 is 1.62 bits per heavy atom. The lowest BCUT2D eigenvalue weighted by molar-refractivity contribution is -0.139. The fraction of sp³-hybridized carbons (Fsp3) is 0.333. The second-order valence-corrected chi connectivity index (χ2v) is 12.2. The number of rotatable bonds is 12. The van der Waals surface area contributed by atoms with Crippen LogP contribution in [-0.2, 0) is 26.2 Å². The lowest BCUT2D eigenvalue weighted by atomic mass is 10.1. The van der Waals surface area contributed by atoms with Crippen LogP contribution in [0.5, 0.6) is 5.75 Å². The van der Waals surface area contributed by atoms with Crippen LogP contribution in [0, 0.1) is 12.8 Å². The van der Waals surface area contributed by atoms with Gasteiger partial charge in [0.2, 0.25) is 11.8 Å². The van der Waals surface area contributed by atoms with Gasteiger partial charge >= 0.3 is 0 Å². The zero-order chi connectivity index (χ0) is 29.4. The molecule has 0 aliphatic heterocycles. The third-order valence-corrected chi connectivity index (χ3v) is 8.61. The normalized spacial score (nSPS) is 12.1. The van der Waals surface area contributed by atoms with Crippen molar-refractivity contribution in [2.24, 2.45) is 5.92 Å². The van der Waals surface area contributed by atoms with E-state index in [4.69, 9.17) is 16.3 Å². The van der Waals surface area contributed by atoms with Crippen molar-refractivity contribution in [1.29, 1.82) is 0 Å². The minimum Gasteiger partial charge on any atom is -0.497 e. The number of sulfonamides is 1. The van der Waals surface area contributed by atoms with Crippen molar-refractivity contribution >= 4 is 39.1 Å². The van der Waals surface area contributed by atoms with E-state index in [1.807, 2.05) is 13.8 Å². The number of amides is 2. The molecule has 1 unspecified atom stereocenters. The summed E-state index contributed by atoms with van der Waals surface area (Å²) in [4.78, 5) is 28.4.